The molecule has 0 saturated carbocycles. The van der Waals surface area contributed by atoms with Gasteiger partial charge in [0.25, 0.3) is 0 Å². The molecule has 0 amide bonds. The van der Waals surface area contributed by atoms with Crippen LogP contribution in [0, 0.1) is 0 Å². The van der Waals surface area contributed by atoms with Crippen LogP contribution < -0.4 is 4.74 Å². The lowest BCUT2D eigenvalue weighted by Gasteiger charge is -2.06. The number of rotatable bonds is 5. The monoisotopic (exact) mass is 366 g/mol. The maximum atomic E-state index is 12.6. The normalized spacial score (nSPS) is 11.0. The van der Waals surface area contributed by atoms with Crippen molar-refractivity contribution in [3.05, 3.63) is 96.3 Å². The minimum Gasteiger partial charge on any atom is -0.497 e. The highest BCUT2D eigenvalue weighted by Crippen LogP contribution is 2.25. The summed E-state index contributed by atoms with van der Waals surface area (Å²) in [5.41, 5.74) is 5.15. The molecule has 4 nitrogen and oxygen atoms in total. The molecule has 0 saturated heterocycles. The first-order chi connectivity index (χ1) is 13.7. The van der Waals surface area contributed by atoms with Gasteiger partial charge in [-0.05, 0) is 53.1 Å². The highest BCUT2D eigenvalue weighted by molar-refractivity contribution is 6.07. The number of ether oxygens (including phenoxy) is 1. The number of fused-ring (bicyclic) bond motifs is 1. The SMILES string of the molecule is COc1cccc(-c2cccc(C(=O)/C=C/c3ccc4nccnc4c3)c2)c1. The van der Waals surface area contributed by atoms with E-state index in [1.807, 2.05) is 66.7 Å². The molecule has 0 fully saturated rings. The van der Waals surface area contributed by atoms with Crippen molar-refractivity contribution in [1.29, 1.82) is 0 Å². The Morgan fingerprint density at radius 2 is 1.61 bits per heavy atom. The smallest absolute Gasteiger partial charge is 0.185 e. The Hall–Kier alpha value is -3.79. The van der Waals surface area contributed by atoms with E-state index in [2.05, 4.69) is 9.97 Å². The summed E-state index contributed by atoms with van der Waals surface area (Å²) in [6.45, 7) is 0. The molecule has 136 valence electrons. The second kappa shape index (κ2) is 7.84. The summed E-state index contributed by atoms with van der Waals surface area (Å²) in [6, 6.07) is 21.1. The van der Waals surface area contributed by atoms with Crippen molar-refractivity contribution < 1.29 is 9.53 Å². The zero-order valence-corrected chi connectivity index (χ0v) is 15.4. The fraction of sp³-hybridized carbons (Fsp3) is 0.0417. The van der Waals surface area contributed by atoms with Gasteiger partial charge in [-0.3, -0.25) is 14.8 Å². The lowest BCUT2D eigenvalue weighted by Crippen LogP contribution is -1.94. The van der Waals surface area contributed by atoms with Crippen molar-refractivity contribution in [2.75, 3.05) is 7.11 Å². The summed E-state index contributed by atoms with van der Waals surface area (Å²) in [6.07, 6.45) is 6.71. The van der Waals surface area contributed by atoms with Crippen LogP contribution in [0.2, 0.25) is 0 Å². The third-order valence-corrected chi connectivity index (χ3v) is 4.47. The minimum atomic E-state index is -0.0519. The van der Waals surface area contributed by atoms with Crippen molar-refractivity contribution in [3.8, 4) is 16.9 Å². The fourth-order valence-electron chi connectivity index (χ4n) is 3.01. The van der Waals surface area contributed by atoms with Crippen LogP contribution in [0.25, 0.3) is 28.2 Å². The molecule has 1 aromatic heterocycles. The van der Waals surface area contributed by atoms with Crippen molar-refractivity contribution >= 4 is 22.9 Å². The van der Waals surface area contributed by atoms with E-state index in [0.717, 1.165) is 33.5 Å². The number of carbonyl (C=O) groups excluding carboxylic acids is 1. The summed E-state index contributed by atoms with van der Waals surface area (Å²) < 4.78 is 5.28. The Labute approximate surface area is 163 Å². The second-order valence-electron chi connectivity index (χ2n) is 6.31. The van der Waals surface area contributed by atoms with Gasteiger partial charge in [0.15, 0.2) is 5.78 Å². The largest absolute Gasteiger partial charge is 0.497 e. The van der Waals surface area contributed by atoms with Gasteiger partial charge in [-0.1, -0.05) is 42.5 Å². The Bertz CT molecular complexity index is 1180. The van der Waals surface area contributed by atoms with Crippen molar-refractivity contribution in [2.24, 2.45) is 0 Å². The van der Waals surface area contributed by atoms with E-state index in [4.69, 9.17) is 4.74 Å². The molecule has 0 spiro atoms. The fourth-order valence-corrected chi connectivity index (χ4v) is 3.01. The molecule has 1 heterocycles. The van der Waals surface area contributed by atoms with Gasteiger partial charge in [-0.2, -0.15) is 0 Å². The van der Waals surface area contributed by atoms with Gasteiger partial charge in [0.2, 0.25) is 0 Å². The lowest BCUT2D eigenvalue weighted by molar-refractivity contribution is 0.104. The molecule has 0 aliphatic heterocycles. The molecular weight excluding hydrogens is 348 g/mol. The number of allylic oxidation sites excluding steroid dienone is 1. The molecule has 0 atom stereocenters. The number of ketones is 1. The summed E-state index contributed by atoms with van der Waals surface area (Å²) in [5, 5.41) is 0. The first kappa shape index (κ1) is 17.6. The zero-order valence-electron chi connectivity index (χ0n) is 15.4. The van der Waals surface area contributed by atoms with E-state index >= 15 is 0 Å². The highest BCUT2D eigenvalue weighted by Gasteiger charge is 2.06. The molecule has 0 unspecified atom stereocenters. The molecule has 4 rings (SSSR count). The minimum absolute atomic E-state index is 0.0519. The quantitative estimate of drug-likeness (QED) is 0.360. The maximum absolute atomic E-state index is 12.6. The summed E-state index contributed by atoms with van der Waals surface area (Å²) in [7, 11) is 1.64. The van der Waals surface area contributed by atoms with E-state index in [1.54, 1.807) is 31.7 Å². The van der Waals surface area contributed by atoms with Crippen LogP contribution in [0.5, 0.6) is 5.75 Å². The average Bonchev–Trinajstić information content (AvgIpc) is 2.77. The van der Waals surface area contributed by atoms with Crippen LogP contribution in [0.4, 0.5) is 0 Å². The average molecular weight is 366 g/mol. The Morgan fingerprint density at radius 1 is 0.857 bits per heavy atom. The van der Waals surface area contributed by atoms with Crippen molar-refractivity contribution in [2.45, 2.75) is 0 Å². The molecule has 0 bridgehead atoms. The highest BCUT2D eigenvalue weighted by atomic mass is 16.5. The molecule has 0 radical (unpaired) electrons. The predicted octanol–water partition coefficient (Wildman–Crippen LogP) is 5.20. The molecule has 0 aliphatic rings. The molecule has 4 aromatic rings. The molecule has 4 heteroatoms. The summed E-state index contributed by atoms with van der Waals surface area (Å²) >= 11 is 0. The number of hydrogen-bond acceptors (Lipinski definition) is 4. The number of benzene rings is 3. The lowest BCUT2D eigenvalue weighted by atomic mass is 10.0. The summed E-state index contributed by atoms with van der Waals surface area (Å²) in [4.78, 5) is 21.2. The van der Waals surface area contributed by atoms with E-state index in [9.17, 15) is 4.79 Å². The number of aromatic nitrogens is 2. The maximum Gasteiger partial charge on any atom is 0.185 e. The van der Waals surface area contributed by atoms with E-state index in [-0.39, 0.29) is 5.78 Å². The van der Waals surface area contributed by atoms with Gasteiger partial charge < -0.3 is 4.74 Å². The molecule has 3 aromatic carbocycles. The number of nitrogens with zero attached hydrogens (tertiary/aromatic N) is 2. The van der Waals surface area contributed by atoms with Gasteiger partial charge in [0.05, 0.1) is 18.1 Å². The Morgan fingerprint density at radius 3 is 2.43 bits per heavy atom. The summed E-state index contributed by atoms with van der Waals surface area (Å²) in [5.74, 6) is 0.734. The first-order valence-corrected chi connectivity index (χ1v) is 8.90. The second-order valence-corrected chi connectivity index (χ2v) is 6.31. The van der Waals surface area contributed by atoms with E-state index in [1.165, 1.54) is 0 Å². The van der Waals surface area contributed by atoms with Gasteiger partial charge in [-0.15, -0.1) is 0 Å². The van der Waals surface area contributed by atoms with E-state index < -0.39 is 0 Å². The Balaban J connectivity index is 1.58. The number of hydrogen-bond donors (Lipinski definition) is 0. The van der Waals surface area contributed by atoms with E-state index in [0.29, 0.717) is 5.56 Å². The van der Waals surface area contributed by atoms with Crippen LogP contribution in [0.3, 0.4) is 0 Å². The molecule has 0 N–H and O–H groups in total. The van der Waals surface area contributed by atoms with Crippen LogP contribution in [0.1, 0.15) is 15.9 Å². The topological polar surface area (TPSA) is 52.1 Å². The van der Waals surface area contributed by atoms with Crippen molar-refractivity contribution in [3.63, 3.8) is 0 Å². The van der Waals surface area contributed by atoms with Crippen molar-refractivity contribution in [1.82, 2.24) is 9.97 Å². The van der Waals surface area contributed by atoms with Gasteiger partial charge >= 0.3 is 0 Å². The molecule has 0 aliphatic carbocycles. The Kier molecular flexibility index (Phi) is 4.93. The standard InChI is InChI=1S/C24H18N2O2/c1-28-21-7-3-5-19(16-21)18-4-2-6-20(15-18)24(27)11-9-17-8-10-22-23(14-17)26-13-12-25-22/h2-16H,1H3/b11-9+. The van der Waals surface area contributed by atoms with Gasteiger partial charge in [0, 0.05) is 18.0 Å². The molecule has 28 heavy (non-hydrogen) atoms. The number of carbonyl (C=O) groups is 1. The van der Waals surface area contributed by atoms with Crippen LogP contribution in [-0.4, -0.2) is 22.9 Å². The third-order valence-electron chi connectivity index (χ3n) is 4.47. The van der Waals surface area contributed by atoms with Crippen LogP contribution in [-0.2, 0) is 0 Å². The van der Waals surface area contributed by atoms with Gasteiger partial charge in [0.1, 0.15) is 5.75 Å². The predicted molar refractivity (Wildman–Crippen MR) is 111 cm³/mol. The zero-order chi connectivity index (χ0) is 19.3. The first-order valence-electron chi connectivity index (χ1n) is 8.90. The molecular formula is C24H18N2O2. The number of methoxy groups -OCH3 is 1. The van der Waals surface area contributed by atoms with Crippen LogP contribution >= 0.6 is 0 Å². The van der Waals surface area contributed by atoms with Gasteiger partial charge in [-0.25, -0.2) is 0 Å². The third kappa shape index (κ3) is 3.81. The van der Waals surface area contributed by atoms with Crippen LogP contribution in [0.15, 0.2) is 85.2 Å².